The Morgan fingerprint density at radius 1 is 1.30 bits per heavy atom. The minimum Gasteiger partial charge on any atom is -0.509 e. The monoisotopic (exact) mass is 502 g/mol. The number of carbonyl (C=O) groups is 5. The minimum absolute atomic E-state index is 0.242. The third-order valence-electron chi connectivity index (χ3n) is 3.94. The number of esters is 1. The summed E-state index contributed by atoms with van der Waals surface area (Å²) < 4.78 is 17.4. The second kappa shape index (κ2) is 10.9. The molecule has 2 N–H and O–H groups in total. The molecule has 2 amide bonds. The van der Waals surface area contributed by atoms with E-state index in [1.165, 1.54) is 12.1 Å². The number of aliphatic hydroxyl groups is 1. The van der Waals surface area contributed by atoms with Gasteiger partial charge in [-0.05, 0) is 0 Å². The molecule has 160 valence electrons. The molecule has 1 aromatic rings. The Morgan fingerprint density at radius 2 is 1.97 bits per heavy atom. The van der Waals surface area contributed by atoms with Gasteiger partial charge in [0, 0.05) is 5.56 Å². The zero-order valence-electron chi connectivity index (χ0n) is 15.2. The number of halogens is 2. The summed E-state index contributed by atoms with van der Waals surface area (Å²) in [5.41, 5.74) is 0.0676. The molecule has 1 aliphatic heterocycles. The molecule has 2 unspecified atom stereocenters. The molecule has 1 saturated heterocycles. The number of amides is 2. The maximum absolute atomic E-state index is 12.5. The molecule has 0 bridgehead atoms. The molecule has 0 aliphatic carbocycles. The van der Waals surface area contributed by atoms with Crippen molar-refractivity contribution in [2.75, 3.05) is 18.6 Å². The molecule has 0 aromatic heterocycles. The van der Waals surface area contributed by atoms with Crippen molar-refractivity contribution in [1.29, 1.82) is 0 Å². The summed E-state index contributed by atoms with van der Waals surface area (Å²) in [5.74, 6) is -4.21. The number of hydrogen-bond donors (Lipinski definition) is 2. The summed E-state index contributed by atoms with van der Waals surface area (Å²) in [6, 6.07) is 6.73. The smallest absolute Gasteiger partial charge is 0.359 e. The number of likely N-dealkylation sites (tertiary alicyclic amines) is 1. The zero-order valence-corrected chi connectivity index (χ0v) is 17.7. The van der Waals surface area contributed by atoms with E-state index in [4.69, 9.17) is 4.74 Å². The third-order valence-corrected chi connectivity index (χ3v) is 5.34. The number of thioether (sulfide) groups is 1. The van der Waals surface area contributed by atoms with Crippen molar-refractivity contribution in [1.82, 2.24) is 10.2 Å². The van der Waals surface area contributed by atoms with Gasteiger partial charge >= 0.3 is 5.97 Å². The number of allylic oxidation sites excluding steroid dienone is 1. The second-order valence-corrected chi connectivity index (χ2v) is 7.31. The number of benzene rings is 1. The highest BCUT2D eigenvalue weighted by molar-refractivity contribution is 9.09. The molecule has 0 radical (unpaired) electrons. The number of nitrogens with one attached hydrogen (secondary N) is 1. The molecule has 1 heterocycles. The lowest BCUT2D eigenvalue weighted by Crippen LogP contribution is -2.69. The second-order valence-electron chi connectivity index (χ2n) is 5.80. The summed E-state index contributed by atoms with van der Waals surface area (Å²) in [5, 5.41) is 10.9. The number of rotatable bonds is 10. The van der Waals surface area contributed by atoms with Crippen molar-refractivity contribution >= 4 is 56.9 Å². The number of ether oxygens (including phenoxy) is 1. The van der Waals surface area contributed by atoms with Gasteiger partial charge in [0.15, 0.2) is 30.4 Å². The Hall–Kier alpha value is -2.73. The summed E-state index contributed by atoms with van der Waals surface area (Å²) in [7, 11) is 0. The largest absolute Gasteiger partial charge is 0.509 e. The fourth-order valence-electron chi connectivity index (χ4n) is 2.57. The van der Waals surface area contributed by atoms with Crippen LogP contribution in [0.2, 0.25) is 0 Å². The van der Waals surface area contributed by atoms with Crippen LogP contribution in [0.3, 0.4) is 0 Å². The van der Waals surface area contributed by atoms with Crippen molar-refractivity contribution in [2.45, 2.75) is 11.4 Å². The SMILES string of the molecule is O=CSC1C(NC(=O)CF)C(=O)N1C(C(=O)OCC(=O)c1ccccc1)=C(O)CBr. The van der Waals surface area contributed by atoms with Crippen LogP contribution in [0.5, 0.6) is 0 Å². The molecule has 0 saturated carbocycles. The number of β-lactam (4-membered cyclic amide) rings is 1. The molecule has 1 aliphatic rings. The van der Waals surface area contributed by atoms with Gasteiger partial charge in [0.05, 0.1) is 5.33 Å². The summed E-state index contributed by atoms with van der Waals surface area (Å²) >= 11 is 3.49. The van der Waals surface area contributed by atoms with Crippen LogP contribution in [-0.2, 0) is 23.9 Å². The number of carbonyl (C=O) groups excluding carboxylic acids is 5. The Bertz CT molecular complexity index is 881. The molecule has 2 rings (SSSR count). The van der Waals surface area contributed by atoms with E-state index in [0.29, 0.717) is 22.9 Å². The number of alkyl halides is 2. The van der Waals surface area contributed by atoms with Crippen LogP contribution in [0.1, 0.15) is 10.4 Å². The van der Waals surface area contributed by atoms with Crippen LogP contribution >= 0.6 is 27.7 Å². The fraction of sp³-hybridized carbons (Fsp3) is 0.278. The van der Waals surface area contributed by atoms with Gasteiger partial charge in [-0.15, -0.1) is 0 Å². The normalized spacial score (nSPS) is 18.7. The maximum atomic E-state index is 12.5. The predicted octanol–water partition coefficient (Wildman–Crippen LogP) is 1.12. The van der Waals surface area contributed by atoms with Crippen molar-refractivity contribution < 1.29 is 38.2 Å². The molecule has 12 heteroatoms. The van der Waals surface area contributed by atoms with E-state index in [0.717, 1.165) is 4.90 Å². The van der Waals surface area contributed by atoms with E-state index in [9.17, 15) is 33.5 Å². The van der Waals surface area contributed by atoms with E-state index >= 15 is 0 Å². The van der Waals surface area contributed by atoms with E-state index in [2.05, 4.69) is 21.2 Å². The Morgan fingerprint density at radius 3 is 2.53 bits per heavy atom. The molecule has 30 heavy (non-hydrogen) atoms. The highest BCUT2D eigenvalue weighted by Crippen LogP contribution is 2.34. The standard InChI is InChI=1S/C18H16BrFN2O7S/c19-6-11(24)15(18(28)29-8-12(25)10-4-2-1-3-5-10)22-16(27)14(17(22)30-9-23)21-13(26)7-20/h1-5,9,14,17,24H,6-8H2,(H,21,26). The first-order chi connectivity index (χ1) is 14.3. The Balaban J connectivity index is 2.19. The minimum atomic E-state index is -1.37. The van der Waals surface area contributed by atoms with Crippen LogP contribution in [0, 0.1) is 0 Å². The third kappa shape index (κ3) is 5.25. The first kappa shape index (κ1) is 23.5. The predicted molar refractivity (Wildman–Crippen MR) is 108 cm³/mol. The molecule has 2 atom stereocenters. The molecular weight excluding hydrogens is 487 g/mol. The van der Waals surface area contributed by atoms with Crippen LogP contribution in [0.15, 0.2) is 41.8 Å². The Labute approximate surface area is 182 Å². The average Bonchev–Trinajstić information content (AvgIpc) is 2.78. The lowest BCUT2D eigenvalue weighted by atomic mass is 10.1. The summed E-state index contributed by atoms with van der Waals surface area (Å²) in [6.07, 6.45) is 0. The molecule has 0 spiro atoms. The molecule has 1 aromatic carbocycles. The topological polar surface area (TPSA) is 130 Å². The number of ketones is 1. The number of Topliss-reactive ketones (excluding diaryl/α,β-unsaturated/α-hetero) is 1. The van der Waals surface area contributed by atoms with Crippen LogP contribution < -0.4 is 5.32 Å². The highest BCUT2D eigenvalue weighted by atomic mass is 79.9. The van der Waals surface area contributed by atoms with E-state index in [1.54, 1.807) is 18.2 Å². The van der Waals surface area contributed by atoms with Crippen molar-refractivity contribution in [3.8, 4) is 0 Å². The molecule has 9 nitrogen and oxygen atoms in total. The van der Waals surface area contributed by atoms with Gasteiger partial charge < -0.3 is 15.2 Å². The maximum Gasteiger partial charge on any atom is 0.359 e. The summed E-state index contributed by atoms with van der Waals surface area (Å²) in [4.78, 5) is 60.1. The fourth-order valence-corrected chi connectivity index (χ4v) is 3.62. The van der Waals surface area contributed by atoms with E-state index in [-0.39, 0.29) is 5.33 Å². The van der Waals surface area contributed by atoms with Gasteiger partial charge in [0.25, 0.3) is 11.8 Å². The van der Waals surface area contributed by atoms with Crippen molar-refractivity contribution in [2.24, 2.45) is 0 Å². The number of nitrogens with zero attached hydrogens (tertiary/aromatic N) is 1. The first-order valence-corrected chi connectivity index (χ1v) is 10.4. The van der Waals surface area contributed by atoms with Gasteiger partial charge in [0.1, 0.15) is 17.2 Å². The van der Waals surface area contributed by atoms with Crippen LogP contribution in [0.25, 0.3) is 0 Å². The van der Waals surface area contributed by atoms with Gasteiger partial charge in [-0.25, -0.2) is 9.18 Å². The first-order valence-electron chi connectivity index (χ1n) is 8.36. The molecular formula is C18H16BrFN2O7S. The number of hydrogen-bond acceptors (Lipinski definition) is 8. The highest BCUT2D eigenvalue weighted by Gasteiger charge is 2.53. The average molecular weight is 503 g/mol. The van der Waals surface area contributed by atoms with Gasteiger partial charge in [0.2, 0.25) is 0 Å². The van der Waals surface area contributed by atoms with E-state index in [1.807, 2.05) is 0 Å². The Kier molecular flexibility index (Phi) is 8.54. The lowest BCUT2D eigenvalue weighted by molar-refractivity contribution is -0.152. The van der Waals surface area contributed by atoms with E-state index < -0.39 is 59.7 Å². The summed E-state index contributed by atoms with van der Waals surface area (Å²) in [6.45, 7) is -2.03. The van der Waals surface area contributed by atoms with Crippen molar-refractivity contribution in [3.63, 3.8) is 0 Å². The van der Waals surface area contributed by atoms with Gasteiger partial charge in [-0.1, -0.05) is 58.0 Å². The van der Waals surface area contributed by atoms with Crippen LogP contribution in [0.4, 0.5) is 4.39 Å². The van der Waals surface area contributed by atoms with Crippen molar-refractivity contribution in [3.05, 3.63) is 47.4 Å². The lowest BCUT2D eigenvalue weighted by Gasteiger charge is -2.45. The quantitative estimate of drug-likeness (QED) is 0.0925. The van der Waals surface area contributed by atoms with Gasteiger partial charge in [-0.2, -0.15) is 0 Å². The number of aliphatic hydroxyl groups excluding tert-OH is 1. The van der Waals surface area contributed by atoms with Gasteiger partial charge in [-0.3, -0.25) is 24.1 Å². The molecule has 1 fully saturated rings. The van der Waals surface area contributed by atoms with Crippen LogP contribution in [-0.4, -0.2) is 69.2 Å². The zero-order chi connectivity index (χ0) is 22.3.